The van der Waals surface area contributed by atoms with Gasteiger partial charge in [-0.1, -0.05) is 48.9 Å². The highest BCUT2D eigenvalue weighted by Crippen LogP contribution is 2.15. The van der Waals surface area contributed by atoms with E-state index in [4.69, 9.17) is 4.42 Å². The number of carbonyl (C=O) groups excluding carboxylic acids is 1. The van der Waals surface area contributed by atoms with Gasteiger partial charge < -0.3 is 20.4 Å². The van der Waals surface area contributed by atoms with E-state index < -0.39 is 0 Å². The number of benzene rings is 2. The molecule has 0 aliphatic heterocycles. The molecule has 6 heteroatoms. The lowest BCUT2D eigenvalue weighted by atomic mass is 10.0. The molecule has 0 saturated carbocycles. The maximum Gasteiger partial charge on any atom is 0.291 e. The molecule has 0 radical (unpaired) electrons. The maximum absolute atomic E-state index is 12.1. The van der Waals surface area contributed by atoms with Gasteiger partial charge in [-0.3, -0.25) is 9.79 Å². The number of aliphatic imine (C=N–C) groups is 1. The van der Waals surface area contributed by atoms with Crippen molar-refractivity contribution in [1.82, 2.24) is 10.6 Å². The predicted octanol–water partition coefficient (Wildman–Crippen LogP) is 4.31. The summed E-state index contributed by atoms with van der Waals surface area (Å²) >= 11 is 0. The van der Waals surface area contributed by atoms with Gasteiger partial charge in [0.25, 0.3) is 5.91 Å². The molecule has 1 atom stereocenters. The van der Waals surface area contributed by atoms with Crippen molar-refractivity contribution in [3.8, 4) is 0 Å². The zero-order valence-corrected chi connectivity index (χ0v) is 17.6. The zero-order chi connectivity index (χ0) is 21.3. The average Bonchev–Trinajstić information content (AvgIpc) is 3.29. The van der Waals surface area contributed by atoms with E-state index in [0.29, 0.717) is 18.2 Å². The standard InChI is InChI=1S/C24H28N4O2/c1-17-9-11-20(12-10-17)18(2)15-26-24(25-3)27-16-19-6-4-7-21(14-19)28-23(29)22-8-5-13-30-22/h4-14,18H,15-16H2,1-3H3,(H,28,29)(H2,25,26,27). The highest BCUT2D eigenvalue weighted by molar-refractivity contribution is 6.02. The van der Waals surface area contributed by atoms with Crippen molar-refractivity contribution >= 4 is 17.6 Å². The summed E-state index contributed by atoms with van der Waals surface area (Å²) in [6.07, 6.45) is 1.48. The van der Waals surface area contributed by atoms with Crippen LogP contribution in [0, 0.1) is 6.92 Å². The molecule has 0 fully saturated rings. The second kappa shape index (κ2) is 10.3. The summed E-state index contributed by atoms with van der Waals surface area (Å²) in [4.78, 5) is 16.4. The summed E-state index contributed by atoms with van der Waals surface area (Å²) in [7, 11) is 1.76. The molecule has 1 aromatic heterocycles. The molecule has 0 saturated heterocycles. The number of hydrogen-bond donors (Lipinski definition) is 3. The second-order valence-corrected chi connectivity index (χ2v) is 7.25. The second-order valence-electron chi connectivity index (χ2n) is 7.25. The highest BCUT2D eigenvalue weighted by Gasteiger charge is 2.09. The van der Waals surface area contributed by atoms with Crippen LogP contribution in [0.15, 0.2) is 76.3 Å². The van der Waals surface area contributed by atoms with Crippen molar-refractivity contribution < 1.29 is 9.21 Å². The third kappa shape index (κ3) is 5.98. The Morgan fingerprint density at radius 2 is 1.87 bits per heavy atom. The zero-order valence-electron chi connectivity index (χ0n) is 17.6. The molecule has 0 aliphatic carbocycles. The van der Waals surface area contributed by atoms with E-state index in [9.17, 15) is 4.79 Å². The van der Waals surface area contributed by atoms with Crippen LogP contribution in [0.5, 0.6) is 0 Å². The lowest BCUT2D eigenvalue weighted by molar-refractivity contribution is 0.0996. The minimum absolute atomic E-state index is 0.271. The van der Waals surface area contributed by atoms with E-state index in [0.717, 1.165) is 18.1 Å². The van der Waals surface area contributed by atoms with Gasteiger partial charge in [-0.15, -0.1) is 0 Å². The van der Waals surface area contributed by atoms with Gasteiger partial charge >= 0.3 is 0 Å². The van der Waals surface area contributed by atoms with Crippen LogP contribution in [0.2, 0.25) is 0 Å². The smallest absolute Gasteiger partial charge is 0.291 e. The van der Waals surface area contributed by atoms with Gasteiger partial charge in [0.1, 0.15) is 0 Å². The lowest BCUT2D eigenvalue weighted by Crippen LogP contribution is -2.38. The summed E-state index contributed by atoms with van der Waals surface area (Å²) in [5.41, 5.74) is 4.30. The quantitative estimate of drug-likeness (QED) is 0.405. The molecule has 0 bridgehead atoms. The average molecular weight is 405 g/mol. The molecule has 0 aliphatic rings. The fraction of sp³-hybridized carbons (Fsp3) is 0.250. The SMILES string of the molecule is CN=C(NCc1cccc(NC(=O)c2ccco2)c1)NCC(C)c1ccc(C)cc1. The molecular weight excluding hydrogens is 376 g/mol. The van der Waals surface area contributed by atoms with Gasteiger partial charge in [0.2, 0.25) is 0 Å². The number of anilines is 1. The van der Waals surface area contributed by atoms with E-state index in [2.05, 4.69) is 59.1 Å². The van der Waals surface area contributed by atoms with E-state index in [1.165, 1.54) is 17.4 Å². The number of nitrogens with one attached hydrogen (secondary N) is 3. The van der Waals surface area contributed by atoms with Crippen LogP contribution in [0.4, 0.5) is 5.69 Å². The topological polar surface area (TPSA) is 78.7 Å². The Labute approximate surface area is 177 Å². The number of carbonyl (C=O) groups is 1. The number of hydrogen-bond acceptors (Lipinski definition) is 3. The number of guanidine groups is 1. The monoisotopic (exact) mass is 404 g/mol. The maximum atomic E-state index is 12.1. The summed E-state index contributed by atoms with van der Waals surface area (Å²) in [6.45, 7) is 5.65. The van der Waals surface area contributed by atoms with Gasteiger partial charge in [0.05, 0.1) is 6.26 Å². The van der Waals surface area contributed by atoms with Gasteiger partial charge in [-0.05, 0) is 48.2 Å². The first-order chi connectivity index (χ1) is 14.5. The molecule has 1 amide bonds. The third-order valence-corrected chi connectivity index (χ3v) is 4.84. The Hall–Kier alpha value is -3.54. The molecule has 156 valence electrons. The fourth-order valence-electron chi connectivity index (χ4n) is 3.03. The molecule has 1 heterocycles. The van der Waals surface area contributed by atoms with Gasteiger partial charge in [-0.25, -0.2) is 0 Å². The van der Waals surface area contributed by atoms with E-state index in [1.807, 2.05) is 24.3 Å². The Bertz CT molecular complexity index is 979. The van der Waals surface area contributed by atoms with Crippen LogP contribution in [0.3, 0.4) is 0 Å². The molecule has 6 nitrogen and oxygen atoms in total. The molecular formula is C24H28N4O2. The highest BCUT2D eigenvalue weighted by atomic mass is 16.3. The minimum Gasteiger partial charge on any atom is -0.459 e. The Balaban J connectivity index is 1.51. The van der Waals surface area contributed by atoms with Crippen molar-refractivity contribution in [3.63, 3.8) is 0 Å². The van der Waals surface area contributed by atoms with Crippen LogP contribution in [0.25, 0.3) is 0 Å². The van der Waals surface area contributed by atoms with Crippen molar-refractivity contribution in [2.75, 3.05) is 18.9 Å². The largest absolute Gasteiger partial charge is 0.459 e. The molecule has 3 rings (SSSR count). The van der Waals surface area contributed by atoms with Crippen LogP contribution in [-0.4, -0.2) is 25.5 Å². The first-order valence-electron chi connectivity index (χ1n) is 10.00. The molecule has 30 heavy (non-hydrogen) atoms. The number of furan rings is 1. The molecule has 0 spiro atoms. The van der Waals surface area contributed by atoms with Gasteiger partial charge in [-0.2, -0.15) is 0 Å². The van der Waals surface area contributed by atoms with Crippen molar-refractivity contribution in [1.29, 1.82) is 0 Å². The van der Waals surface area contributed by atoms with E-state index in [1.54, 1.807) is 19.2 Å². The number of aryl methyl sites for hydroxylation is 1. The summed E-state index contributed by atoms with van der Waals surface area (Å²) in [5.74, 6) is 1.11. The Morgan fingerprint density at radius 1 is 1.07 bits per heavy atom. The Morgan fingerprint density at radius 3 is 2.57 bits per heavy atom. The first kappa shape index (κ1) is 21.2. The Kier molecular flexibility index (Phi) is 7.27. The van der Waals surface area contributed by atoms with Crippen molar-refractivity contribution in [2.45, 2.75) is 26.3 Å². The normalized spacial score (nSPS) is 12.3. The molecule has 3 N–H and O–H groups in total. The first-order valence-corrected chi connectivity index (χ1v) is 10.00. The molecule has 3 aromatic rings. The van der Waals surface area contributed by atoms with Gasteiger partial charge in [0, 0.05) is 25.8 Å². The molecule has 2 aromatic carbocycles. The van der Waals surface area contributed by atoms with Crippen molar-refractivity contribution in [2.24, 2.45) is 4.99 Å². The van der Waals surface area contributed by atoms with Crippen LogP contribution in [0.1, 0.15) is 40.1 Å². The summed E-state index contributed by atoms with van der Waals surface area (Å²) in [5, 5.41) is 9.53. The van der Waals surface area contributed by atoms with Crippen molar-refractivity contribution in [3.05, 3.63) is 89.4 Å². The van der Waals surface area contributed by atoms with Crippen LogP contribution in [-0.2, 0) is 6.54 Å². The third-order valence-electron chi connectivity index (χ3n) is 4.84. The minimum atomic E-state index is -0.271. The number of rotatable bonds is 7. The number of nitrogens with zero attached hydrogens (tertiary/aromatic N) is 1. The predicted molar refractivity (Wildman–Crippen MR) is 121 cm³/mol. The van der Waals surface area contributed by atoms with Crippen LogP contribution < -0.4 is 16.0 Å². The summed E-state index contributed by atoms with van der Waals surface area (Å²) < 4.78 is 5.13. The van der Waals surface area contributed by atoms with Gasteiger partial charge in [0.15, 0.2) is 11.7 Å². The lowest BCUT2D eigenvalue weighted by Gasteiger charge is -2.17. The fourth-order valence-corrected chi connectivity index (χ4v) is 3.03. The van der Waals surface area contributed by atoms with E-state index >= 15 is 0 Å². The number of amides is 1. The summed E-state index contributed by atoms with van der Waals surface area (Å²) in [6, 6.07) is 19.6. The van der Waals surface area contributed by atoms with Crippen LogP contribution >= 0.6 is 0 Å². The van der Waals surface area contributed by atoms with E-state index in [-0.39, 0.29) is 11.7 Å². The molecule has 1 unspecified atom stereocenters.